The molecule has 0 aromatic rings. The van der Waals surface area contributed by atoms with Gasteiger partial charge >= 0.3 is 0 Å². The molecule has 0 bridgehead atoms. The van der Waals surface area contributed by atoms with Gasteiger partial charge in [0, 0.05) is 5.54 Å². The Morgan fingerprint density at radius 3 is 2.10 bits per heavy atom. The number of nitrogens with one attached hydrogen (secondary N) is 1. The quantitative estimate of drug-likeness (QED) is 0.676. The monoisotopic (exact) mass is 165 g/mol. The molecule has 1 N–H and O–H groups in total. The minimum Gasteiger partial charge on any atom is -0.315 e. The Hall–Kier alpha value is 0.250. The van der Waals surface area contributed by atoms with Gasteiger partial charge in [-0.25, -0.2) is 0 Å². The van der Waals surface area contributed by atoms with Gasteiger partial charge in [-0.15, -0.1) is 12.4 Å². The Kier molecular flexibility index (Phi) is 7.72. The summed E-state index contributed by atoms with van der Waals surface area (Å²) in [6.45, 7) is 6.71. The third-order valence-corrected chi connectivity index (χ3v) is 1.83. The van der Waals surface area contributed by atoms with Crippen LogP contribution in [0.2, 0.25) is 0 Å². The lowest BCUT2D eigenvalue weighted by Crippen LogP contribution is -2.35. The fourth-order valence-electron chi connectivity index (χ4n) is 0.744. The highest BCUT2D eigenvalue weighted by Crippen LogP contribution is 2.10. The predicted octanol–water partition coefficient (Wildman–Crippen LogP) is 2.60. The van der Waals surface area contributed by atoms with Crippen molar-refractivity contribution in [3.05, 3.63) is 0 Å². The summed E-state index contributed by atoms with van der Waals surface area (Å²) in [4.78, 5) is 0. The molecule has 0 saturated heterocycles. The average molecular weight is 166 g/mol. The van der Waals surface area contributed by atoms with E-state index >= 15 is 0 Å². The Bertz CT molecular complexity index is 71.7. The molecule has 0 radical (unpaired) electrons. The molecule has 0 aliphatic carbocycles. The van der Waals surface area contributed by atoms with Gasteiger partial charge in [-0.3, -0.25) is 0 Å². The van der Waals surface area contributed by atoms with Crippen LogP contribution in [0.3, 0.4) is 0 Å². The van der Waals surface area contributed by atoms with Gasteiger partial charge in [0.2, 0.25) is 0 Å². The first kappa shape index (κ1) is 12.9. The highest BCUT2D eigenvalue weighted by molar-refractivity contribution is 5.85. The lowest BCUT2D eigenvalue weighted by Gasteiger charge is -2.23. The normalized spacial score (nSPS) is 10.8. The molecule has 0 unspecified atom stereocenters. The van der Waals surface area contributed by atoms with E-state index in [0.717, 1.165) is 0 Å². The highest BCUT2D eigenvalue weighted by atomic mass is 35.5. The lowest BCUT2D eigenvalue weighted by molar-refractivity contribution is 0.380. The van der Waals surface area contributed by atoms with E-state index in [1.54, 1.807) is 0 Å². The predicted molar refractivity (Wildman–Crippen MR) is 49.9 cm³/mol. The molecule has 64 valence electrons. The van der Waals surface area contributed by atoms with Gasteiger partial charge in [0.15, 0.2) is 0 Å². The first-order chi connectivity index (χ1) is 4.12. The van der Waals surface area contributed by atoms with Crippen molar-refractivity contribution < 1.29 is 0 Å². The summed E-state index contributed by atoms with van der Waals surface area (Å²) in [6.07, 6.45) is 3.90. The van der Waals surface area contributed by atoms with Crippen molar-refractivity contribution in [2.45, 2.75) is 45.6 Å². The van der Waals surface area contributed by atoms with Crippen LogP contribution >= 0.6 is 12.4 Å². The largest absolute Gasteiger partial charge is 0.315 e. The van der Waals surface area contributed by atoms with Crippen molar-refractivity contribution in [1.82, 2.24) is 5.32 Å². The van der Waals surface area contributed by atoms with Crippen LogP contribution < -0.4 is 5.32 Å². The molecular formula is C8H20ClN. The van der Waals surface area contributed by atoms with Gasteiger partial charge in [-0.1, -0.05) is 19.8 Å². The molecule has 0 heterocycles. The third kappa shape index (κ3) is 6.37. The minimum atomic E-state index is 0. The molecule has 2 heteroatoms. The fourth-order valence-corrected chi connectivity index (χ4v) is 0.744. The third-order valence-electron chi connectivity index (χ3n) is 1.83. The van der Waals surface area contributed by atoms with E-state index in [1.807, 2.05) is 7.05 Å². The van der Waals surface area contributed by atoms with Gasteiger partial charge in [-0.2, -0.15) is 0 Å². The summed E-state index contributed by atoms with van der Waals surface area (Å²) >= 11 is 0. The summed E-state index contributed by atoms with van der Waals surface area (Å²) < 4.78 is 0. The number of unbranched alkanes of at least 4 members (excludes halogenated alkanes) is 1. The molecule has 0 atom stereocenters. The van der Waals surface area contributed by atoms with Crippen LogP contribution in [0.4, 0.5) is 0 Å². The van der Waals surface area contributed by atoms with Crippen LogP contribution in [0.25, 0.3) is 0 Å². The maximum atomic E-state index is 3.28. The molecule has 0 amide bonds. The molecule has 1 nitrogen and oxygen atoms in total. The maximum Gasteiger partial charge on any atom is 0.0122 e. The van der Waals surface area contributed by atoms with Crippen LogP contribution in [0.5, 0.6) is 0 Å². The first-order valence-corrected chi connectivity index (χ1v) is 3.81. The van der Waals surface area contributed by atoms with E-state index in [0.29, 0.717) is 5.54 Å². The van der Waals surface area contributed by atoms with E-state index in [1.165, 1.54) is 19.3 Å². The van der Waals surface area contributed by atoms with Gasteiger partial charge in [0.25, 0.3) is 0 Å². The van der Waals surface area contributed by atoms with Crippen molar-refractivity contribution in [3.63, 3.8) is 0 Å². The number of hydrogen-bond acceptors (Lipinski definition) is 1. The molecule has 0 aromatic carbocycles. The van der Waals surface area contributed by atoms with Crippen LogP contribution in [-0.4, -0.2) is 12.6 Å². The molecule has 10 heavy (non-hydrogen) atoms. The SMILES string of the molecule is CCCCC(C)(C)NC.Cl. The second kappa shape index (κ2) is 5.99. The van der Waals surface area contributed by atoms with Gasteiger partial charge in [0.05, 0.1) is 0 Å². The van der Waals surface area contributed by atoms with Gasteiger partial charge in [0.1, 0.15) is 0 Å². The van der Waals surface area contributed by atoms with Crippen LogP contribution in [0, 0.1) is 0 Å². The molecule has 0 aliphatic heterocycles. The van der Waals surface area contributed by atoms with E-state index in [2.05, 4.69) is 26.1 Å². The lowest BCUT2D eigenvalue weighted by atomic mass is 9.98. The topological polar surface area (TPSA) is 12.0 Å². The van der Waals surface area contributed by atoms with E-state index < -0.39 is 0 Å². The van der Waals surface area contributed by atoms with Crippen LogP contribution in [-0.2, 0) is 0 Å². The second-order valence-electron chi connectivity index (χ2n) is 3.24. The summed E-state index contributed by atoms with van der Waals surface area (Å²) in [7, 11) is 2.02. The summed E-state index contributed by atoms with van der Waals surface area (Å²) in [5.41, 5.74) is 0.343. The van der Waals surface area contributed by atoms with E-state index in [9.17, 15) is 0 Å². The zero-order valence-corrected chi connectivity index (χ0v) is 8.35. The molecule has 0 spiro atoms. The Morgan fingerprint density at radius 1 is 1.30 bits per heavy atom. The number of rotatable bonds is 4. The van der Waals surface area contributed by atoms with Crippen molar-refractivity contribution >= 4 is 12.4 Å². The first-order valence-electron chi connectivity index (χ1n) is 3.81. The molecular weight excluding hydrogens is 146 g/mol. The fraction of sp³-hybridized carbons (Fsp3) is 1.00. The van der Waals surface area contributed by atoms with Crippen molar-refractivity contribution in [1.29, 1.82) is 0 Å². The number of hydrogen-bond donors (Lipinski definition) is 1. The Labute approximate surface area is 71.0 Å². The second-order valence-corrected chi connectivity index (χ2v) is 3.24. The zero-order chi connectivity index (χ0) is 7.33. The molecule has 0 aliphatic rings. The van der Waals surface area contributed by atoms with Crippen LogP contribution in [0.1, 0.15) is 40.0 Å². The molecule has 0 rings (SSSR count). The average Bonchev–Trinajstić information content (AvgIpc) is 1.84. The zero-order valence-electron chi connectivity index (χ0n) is 7.53. The summed E-state index contributed by atoms with van der Waals surface area (Å²) in [6, 6.07) is 0. The standard InChI is InChI=1S/C8H19N.ClH/c1-5-6-7-8(2,3)9-4;/h9H,5-7H2,1-4H3;1H. The smallest absolute Gasteiger partial charge is 0.0122 e. The molecule has 0 fully saturated rings. The molecule has 0 aromatic heterocycles. The van der Waals surface area contributed by atoms with Gasteiger partial charge in [-0.05, 0) is 27.3 Å². The minimum absolute atomic E-state index is 0. The number of halogens is 1. The van der Waals surface area contributed by atoms with Gasteiger partial charge < -0.3 is 5.32 Å². The molecule has 0 saturated carbocycles. The highest BCUT2D eigenvalue weighted by Gasteiger charge is 2.11. The Balaban J connectivity index is 0. The van der Waals surface area contributed by atoms with E-state index in [4.69, 9.17) is 0 Å². The van der Waals surface area contributed by atoms with Crippen molar-refractivity contribution in [2.24, 2.45) is 0 Å². The van der Waals surface area contributed by atoms with Crippen LogP contribution in [0.15, 0.2) is 0 Å². The Morgan fingerprint density at radius 2 is 1.80 bits per heavy atom. The van der Waals surface area contributed by atoms with Crippen molar-refractivity contribution in [2.75, 3.05) is 7.05 Å². The summed E-state index contributed by atoms with van der Waals surface area (Å²) in [5, 5.41) is 3.28. The van der Waals surface area contributed by atoms with Crippen molar-refractivity contribution in [3.8, 4) is 0 Å². The van der Waals surface area contributed by atoms with E-state index in [-0.39, 0.29) is 12.4 Å². The summed E-state index contributed by atoms with van der Waals surface area (Å²) in [5.74, 6) is 0. The maximum absolute atomic E-state index is 3.28.